The first-order valence-corrected chi connectivity index (χ1v) is 7.70. The van der Waals surface area contributed by atoms with E-state index in [0.29, 0.717) is 38.1 Å². The number of carbonyl (C=O) groups excluding carboxylic acids is 2. The molecule has 2 N–H and O–H groups in total. The van der Waals surface area contributed by atoms with Crippen molar-refractivity contribution < 1.29 is 14.3 Å². The maximum Gasteiger partial charge on any atom is 0.227 e. The second-order valence-corrected chi connectivity index (χ2v) is 6.11. The predicted molar refractivity (Wildman–Crippen MR) is 82.9 cm³/mol. The highest BCUT2D eigenvalue weighted by molar-refractivity contribution is 9.10. The molecule has 0 bridgehead atoms. The van der Waals surface area contributed by atoms with Gasteiger partial charge in [0.1, 0.15) is 5.75 Å². The summed E-state index contributed by atoms with van der Waals surface area (Å²) in [5, 5.41) is 0. The van der Waals surface area contributed by atoms with Gasteiger partial charge < -0.3 is 15.4 Å². The lowest BCUT2D eigenvalue weighted by molar-refractivity contribution is -0.134. The van der Waals surface area contributed by atoms with Gasteiger partial charge in [-0.15, -0.1) is 0 Å². The van der Waals surface area contributed by atoms with Gasteiger partial charge in [0.2, 0.25) is 11.8 Å². The van der Waals surface area contributed by atoms with Crippen molar-refractivity contribution in [3.05, 3.63) is 28.2 Å². The van der Waals surface area contributed by atoms with Crippen molar-refractivity contribution in [2.24, 2.45) is 11.7 Å². The van der Waals surface area contributed by atoms with Crippen molar-refractivity contribution >= 4 is 27.7 Å². The third-order valence-corrected chi connectivity index (χ3v) is 4.33. The first kappa shape index (κ1) is 15.8. The number of methoxy groups -OCH3 is 1. The molecule has 0 spiro atoms. The Labute approximate surface area is 132 Å². The van der Waals surface area contributed by atoms with Crippen LogP contribution in [-0.2, 0) is 16.0 Å². The molecule has 1 saturated heterocycles. The third-order valence-electron chi connectivity index (χ3n) is 3.83. The quantitative estimate of drug-likeness (QED) is 0.894. The molecule has 1 aromatic carbocycles. The zero-order chi connectivity index (χ0) is 15.4. The van der Waals surface area contributed by atoms with Crippen molar-refractivity contribution in [3.63, 3.8) is 0 Å². The number of nitrogens with two attached hydrogens (primary N) is 1. The van der Waals surface area contributed by atoms with E-state index in [1.807, 2.05) is 18.2 Å². The second kappa shape index (κ2) is 6.93. The molecular weight excluding hydrogens is 336 g/mol. The van der Waals surface area contributed by atoms with E-state index in [0.717, 1.165) is 10.0 Å². The Hall–Kier alpha value is -1.56. The van der Waals surface area contributed by atoms with Gasteiger partial charge in [0.05, 0.1) is 13.5 Å². The van der Waals surface area contributed by atoms with Gasteiger partial charge >= 0.3 is 0 Å². The van der Waals surface area contributed by atoms with Gasteiger partial charge in [-0.05, 0) is 31.0 Å². The minimum atomic E-state index is -0.268. The summed E-state index contributed by atoms with van der Waals surface area (Å²) in [6, 6.07) is 5.62. The van der Waals surface area contributed by atoms with Gasteiger partial charge in [-0.3, -0.25) is 9.59 Å². The van der Waals surface area contributed by atoms with E-state index >= 15 is 0 Å². The van der Waals surface area contributed by atoms with E-state index in [4.69, 9.17) is 10.5 Å². The number of likely N-dealkylation sites (tertiary alicyclic amines) is 1. The fourth-order valence-electron chi connectivity index (χ4n) is 2.57. The maximum absolute atomic E-state index is 12.4. The summed E-state index contributed by atoms with van der Waals surface area (Å²) in [6.07, 6.45) is 1.59. The monoisotopic (exact) mass is 354 g/mol. The van der Waals surface area contributed by atoms with Gasteiger partial charge in [-0.25, -0.2) is 0 Å². The van der Waals surface area contributed by atoms with Crippen molar-refractivity contribution in [1.82, 2.24) is 4.90 Å². The van der Waals surface area contributed by atoms with E-state index in [1.54, 1.807) is 12.0 Å². The summed E-state index contributed by atoms with van der Waals surface area (Å²) in [6.45, 7) is 1.17. The first-order valence-electron chi connectivity index (χ1n) is 6.90. The number of piperidine rings is 1. The molecule has 0 saturated carbocycles. The molecule has 0 unspecified atom stereocenters. The highest BCUT2D eigenvalue weighted by Crippen LogP contribution is 2.25. The van der Waals surface area contributed by atoms with Gasteiger partial charge in [-0.1, -0.05) is 15.9 Å². The van der Waals surface area contributed by atoms with Crippen molar-refractivity contribution in [3.8, 4) is 5.75 Å². The van der Waals surface area contributed by atoms with Gasteiger partial charge in [0.15, 0.2) is 0 Å². The molecule has 0 radical (unpaired) electrons. The third kappa shape index (κ3) is 3.97. The lowest BCUT2D eigenvalue weighted by Gasteiger charge is -2.30. The number of nitrogens with zero attached hydrogens (tertiary/aromatic N) is 1. The molecule has 2 amide bonds. The van der Waals surface area contributed by atoms with Crippen molar-refractivity contribution in [2.75, 3.05) is 20.2 Å². The zero-order valence-corrected chi connectivity index (χ0v) is 13.6. The lowest BCUT2D eigenvalue weighted by Crippen LogP contribution is -2.42. The summed E-state index contributed by atoms with van der Waals surface area (Å²) in [5.41, 5.74) is 6.16. The fourth-order valence-corrected chi connectivity index (χ4v) is 2.98. The van der Waals surface area contributed by atoms with Crippen LogP contribution in [0.1, 0.15) is 18.4 Å². The van der Waals surface area contributed by atoms with Crippen LogP contribution in [0.25, 0.3) is 0 Å². The number of rotatable bonds is 4. The number of amides is 2. The smallest absolute Gasteiger partial charge is 0.227 e. The Morgan fingerprint density at radius 1 is 1.38 bits per heavy atom. The molecule has 0 atom stereocenters. The Balaban J connectivity index is 1.99. The van der Waals surface area contributed by atoms with Crippen LogP contribution in [0.15, 0.2) is 22.7 Å². The molecule has 5 nitrogen and oxygen atoms in total. The minimum Gasteiger partial charge on any atom is -0.496 e. The molecule has 0 aliphatic carbocycles. The fraction of sp³-hybridized carbons (Fsp3) is 0.467. The molecule has 1 heterocycles. The normalized spacial score (nSPS) is 15.8. The number of carbonyl (C=O) groups is 2. The number of halogens is 1. The van der Waals surface area contributed by atoms with Crippen LogP contribution in [0.2, 0.25) is 0 Å². The van der Waals surface area contributed by atoms with Gasteiger partial charge in [0.25, 0.3) is 0 Å². The number of benzene rings is 1. The molecule has 1 aromatic rings. The lowest BCUT2D eigenvalue weighted by atomic mass is 9.96. The number of hydrogen-bond acceptors (Lipinski definition) is 3. The molecule has 1 fully saturated rings. The number of primary amides is 1. The summed E-state index contributed by atoms with van der Waals surface area (Å²) < 4.78 is 6.20. The standard InChI is InChI=1S/C15H19BrN2O3/c1-21-13-3-2-12(16)8-11(13)9-14(19)18-6-4-10(5-7-18)15(17)20/h2-3,8,10H,4-7,9H2,1H3,(H2,17,20). The topological polar surface area (TPSA) is 72.6 Å². The van der Waals surface area contributed by atoms with Crippen LogP contribution < -0.4 is 10.5 Å². The molecule has 21 heavy (non-hydrogen) atoms. The van der Waals surface area contributed by atoms with E-state index in [-0.39, 0.29) is 17.7 Å². The van der Waals surface area contributed by atoms with Crippen LogP contribution in [0.4, 0.5) is 0 Å². The molecule has 1 aliphatic rings. The van der Waals surface area contributed by atoms with E-state index in [2.05, 4.69) is 15.9 Å². The van der Waals surface area contributed by atoms with E-state index < -0.39 is 0 Å². The average molecular weight is 355 g/mol. The number of hydrogen-bond donors (Lipinski definition) is 1. The molecule has 114 valence electrons. The number of ether oxygens (including phenoxy) is 1. The Kier molecular flexibility index (Phi) is 5.22. The molecule has 1 aliphatic heterocycles. The molecule has 0 aromatic heterocycles. The average Bonchev–Trinajstić information content (AvgIpc) is 2.47. The van der Waals surface area contributed by atoms with Crippen LogP contribution in [0.5, 0.6) is 5.75 Å². The largest absolute Gasteiger partial charge is 0.496 e. The van der Waals surface area contributed by atoms with Crippen LogP contribution in [0, 0.1) is 5.92 Å². The Morgan fingerprint density at radius 3 is 2.62 bits per heavy atom. The van der Waals surface area contributed by atoms with E-state index in [1.165, 1.54) is 0 Å². The van der Waals surface area contributed by atoms with E-state index in [9.17, 15) is 9.59 Å². The second-order valence-electron chi connectivity index (χ2n) is 5.19. The SMILES string of the molecule is COc1ccc(Br)cc1CC(=O)N1CCC(C(N)=O)CC1. The Morgan fingerprint density at radius 2 is 2.05 bits per heavy atom. The summed E-state index contributed by atoms with van der Waals surface area (Å²) >= 11 is 3.40. The minimum absolute atomic E-state index is 0.0503. The van der Waals surface area contributed by atoms with Gasteiger partial charge in [-0.2, -0.15) is 0 Å². The first-order chi connectivity index (χ1) is 10.0. The summed E-state index contributed by atoms with van der Waals surface area (Å²) in [7, 11) is 1.59. The highest BCUT2D eigenvalue weighted by atomic mass is 79.9. The van der Waals surface area contributed by atoms with Crippen LogP contribution >= 0.6 is 15.9 Å². The summed E-state index contributed by atoms with van der Waals surface area (Å²) in [5.74, 6) is 0.387. The molecule has 2 rings (SSSR count). The summed E-state index contributed by atoms with van der Waals surface area (Å²) in [4.78, 5) is 25.3. The van der Waals surface area contributed by atoms with Crippen LogP contribution in [-0.4, -0.2) is 36.9 Å². The zero-order valence-electron chi connectivity index (χ0n) is 12.0. The van der Waals surface area contributed by atoms with Crippen LogP contribution in [0.3, 0.4) is 0 Å². The van der Waals surface area contributed by atoms with Gasteiger partial charge in [0, 0.05) is 29.0 Å². The highest BCUT2D eigenvalue weighted by Gasteiger charge is 2.26. The van der Waals surface area contributed by atoms with Crippen molar-refractivity contribution in [1.29, 1.82) is 0 Å². The molecule has 6 heteroatoms. The predicted octanol–water partition coefficient (Wildman–Crippen LogP) is 1.72. The maximum atomic E-state index is 12.4. The van der Waals surface area contributed by atoms with Crippen molar-refractivity contribution in [2.45, 2.75) is 19.3 Å². The molecular formula is C15H19BrN2O3. The Bertz CT molecular complexity index is 540.